The number of esters is 1. The number of aliphatic carboxylic acids is 1. The summed E-state index contributed by atoms with van der Waals surface area (Å²) in [5, 5.41) is 13.5. The molecule has 0 aromatic heterocycles. The Hall–Kier alpha value is -2.57. The molecule has 0 saturated carbocycles. The van der Waals surface area contributed by atoms with Crippen LogP contribution in [0.3, 0.4) is 0 Å². The maximum atomic E-state index is 12.0. The lowest BCUT2D eigenvalue weighted by molar-refractivity contribution is -0.142. The van der Waals surface area contributed by atoms with Gasteiger partial charge in [0.1, 0.15) is 0 Å². The van der Waals surface area contributed by atoms with Gasteiger partial charge in [-0.05, 0) is 55.0 Å². The number of ether oxygens (including phenoxy) is 1. The fraction of sp³-hybridized carbons (Fsp3) is 0.440. The summed E-state index contributed by atoms with van der Waals surface area (Å²) in [7, 11) is 0. The monoisotopic (exact) mass is 458 g/mol. The molecule has 0 atom stereocenters. The van der Waals surface area contributed by atoms with E-state index in [-0.39, 0.29) is 24.9 Å². The Balaban J connectivity index is 1.59. The van der Waals surface area contributed by atoms with Crippen molar-refractivity contribution in [2.24, 2.45) is 0 Å². The highest BCUT2D eigenvalue weighted by Gasteiger charge is 2.21. The summed E-state index contributed by atoms with van der Waals surface area (Å²) in [5.41, 5.74) is 3.54. The lowest BCUT2D eigenvalue weighted by Crippen LogP contribution is -2.40. The van der Waals surface area contributed by atoms with Gasteiger partial charge in [-0.3, -0.25) is 9.59 Å². The Morgan fingerprint density at radius 1 is 1.12 bits per heavy atom. The highest BCUT2D eigenvalue weighted by molar-refractivity contribution is 6.31. The van der Waals surface area contributed by atoms with E-state index in [0.717, 1.165) is 55.2 Å². The van der Waals surface area contributed by atoms with Crippen molar-refractivity contribution in [2.45, 2.75) is 45.1 Å². The third-order valence-corrected chi connectivity index (χ3v) is 6.14. The molecule has 172 valence electrons. The Morgan fingerprint density at radius 3 is 2.56 bits per heavy atom. The van der Waals surface area contributed by atoms with Gasteiger partial charge in [0, 0.05) is 36.4 Å². The zero-order valence-corrected chi connectivity index (χ0v) is 19.2. The van der Waals surface area contributed by atoms with Crippen molar-refractivity contribution in [1.82, 2.24) is 4.90 Å². The van der Waals surface area contributed by atoms with Crippen LogP contribution in [0.2, 0.25) is 5.02 Å². The van der Waals surface area contributed by atoms with Gasteiger partial charge >= 0.3 is 11.9 Å². The minimum atomic E-state index is -0.874. The first-order valence-corrected chi connectivity index (χ1v) is 11.5. The van der Waals surface area contributed by atoms with E-state index in [1.807, 2.05) is 30.3 Å². The minimum absolute atomic E-state index is 0.0468. The number of carboxylic acid groups (broad SMARTS) is 1. The van der Waals surface area contributed by atoms with Crippen LogP contribution in [0.25, 0.3) is 0 Å². The van der Waals surface area contributed by atoms with Gasteiger partial charge in [0.15, 0.2) is 0 Å². The predicted molar refractivity (Wildman–Crippen MR) is 126 cm³/mol. The molecule has 0 radical (unpaired) electrons. The molecular formula is C25H31ClN2O4. The molecule has 1 aliphatic rings. The minimum Gasteiger partial charge on any atom is -0.481 e. The molecule has 2 aromatic rings. The van der Waals surface area contributed by atoms with Gasteiger partial charge in [0.05, 0.1) is 19.4 Å². The van der Waals surface area contributed by atoms with Crippen molar-refractivity contribution in [3.05, 3.63) is 64.2 Å². The van der Waals surface area contributed by atoms with E-state index < -0.39 is 5.97 Å². The number of anilines is 1. The van der Waals surface area contributed by atoms with Crippen LogP contribution in [0.15, 0.2) is 42.5 Å². The van der Waals surface area contributed by atoms with Crippen LogP contribution in [0.5, 0.6) is 0 Å². The molecule has 3 rings (SSSR count). The number of hydrogen-bond donors (Lipinski definition) is 2. The zero-order chi connectivity index (χ0) is 22.9. The zero-order valence-electron chi connectivity index (χ0n) is 18.5. The van der Waals surface area contributed by atoms with E-state index in [9.17, 15) is 9.59 Å². The van der Waals surface area contributed by atoms with E-state index in [2.05, 4.69) is 16.3 Å². The van der Waals surface area contributed by atoms with Crippen LogP contribution in [0.4, 0.5) is 5.69 Å². The van der Waals surface area contributed by atoms with Crippen molar-refractivity contribution in [1.29, 1.82) is 0 Å². The average Bonchev–Trinajstić information content (AvgIpc) is 2.76. The molecule has 0 aliphatic carbocycles. The molecule has 32 heavy (non-hydrogen) atoms. The highest BCUT2D eigenvalue weighted by Crippen LogP contribution is 2.24. The number of carbonyl (C=O) groups excluding carboxylic acids is 1. The van der Waals surface area contributed by atoms with Crippen LogP contribution in [-0.4, -0.2) is 54.2 Å². The molecule has 0 bridgehead atoms. The Labute approximate surface area is 194 Å². The molecular weight excluding hydrogens is 428 g/mol. The molecule has 6 nitrogen and oxygen atoms in total. The third kappa shape index (κ3) is 7.24. The van der Waals surface area contributed by atoms with Gasteiger partial charge in [0.25, 0.3) is 0 Å². The van der Waals surface area contributed by atoms with Gasteiger partial charge in [-0.25, -0.2) is 0 Å². The fourth-order valence-electron chi connectivity index (χ4n) is 4.06. The van der Waals surface area contributed by atoms with Crippen LogP contribution in [-0.2, 0) is 33.6 Å². The normalized spacial score (nSPS) is 14.8. The Morgan fingerprint density at radius 2 is 1.88 bits per heavy atom. The Kier molecular flexibility index (Phi) is 8.94. The number of nitrogens with zero attached hydrogens (tertiary/aromatic N) is 1. The van der Waals surface area contributed by atoms with Crippen molar-refractivity contribution in [3.8, 4) is 0 Å². The number of carbonyl (C=O) groups is 2. The fourth-order valence-corrected chi connectivity index (χ4v) is 4.29. The number of likely N-dealkylation sites (tertiary alicyclic amines) is 1. The first kappa shape index (κ1) is 24.1. The number of rotatable bonds is 10. The summed E-state index contributed by atoms with van der Waals surface area (Å²) in [6.45, 7) is 5.05. The first-order valence-electron chi connectivity index (χ1n) is 11.2. The van der Waals surface area contributed by atoms with Crippen molar-refractivity contribution < 1.29 is 19.4 Å². The number of halogens is 1. The second-order valence-corrected chi connectivity index (χ2v) is 8.55. The second kappa shape index (κ2) is 11.9. The SMILES string of the molecule is CCOC(=O)Cc1ccc(CC(=O)O)cc1NC1CCN(CCc2ccccc2Cl)CC1. The van der Waals surface area contributed by atoms with E-state index in [1.54, 1.807) is 13.0 Å². The molecule has 2 N–H and O–H groups in total. The van der Waals surface area contributed by atoms with Crippen molar-refractivity contribution >= 4 is 29.2 Å². The number of hydrogen-bond acceptors (Lipinski definition) is 5. The molecule has 1 fully saturated rings. The van der Waals surface area contributed by atoms with Crippen LogP contribution in [0, 0.1) is 0 Å². The summed E-state index contributed by atoms with van der Waals surface area (Å²) in [4.78, 5) is 25.6. The maximum absolute atomic E-state index is 12.0. The number of piperidine rings is 1. The summed E-state index contributed by atoms with van der Waals surface area (Å²) < 4.78 is 5.09. The topological polar surface area (TPSA) is 78.9 Å². The molecule has 0 spiro atoms. The summed E-state index contributed by atoms with van der Waals surface area (Å²) in [6.07, 6.45) is 3.00. The van der Waals surface area contributed by atoms with Crippen LogP contribution >= 0.6 is 11.6 Å². The summed E-state index contributed by atoms with van der Waals surface area (Å²) in [6, 6.07) is 13.7. The standard InChI is InChI=1S/C25H31ClN2O4/c1-2-32-25(31)17-20-8-7-18(16-24(29)30)15-23(20)27-21-10-13-28(14-11-21)12-9-19-5-3-4-6-22(19)26/h3-8,15,21,27H,2,9-14,16-17H2,1H3,(H,29,30). The molecule has 0 amide bonds. The van der Waals surface area contributed by atoms with E-state index in [4.69, 9.17) is 21.4 Å². The molecule has 0 unspecified atom stereocenters. The molecule has 1 heterocycles. The first-order chi connectivity index (χ1) is 15.4. The summed E-state index contributed by atoms with van der Waals surface area (Å²) in [5.74, 6) is -1.16. The lowest BCUT2D eigenvalue weighted by Gasteiger charge is -2.33. The van der Waals surface area contributed by atoms with Crippen LogP contribution < -0.4 is 5.32 Å². The van der Waals surface area contributed by atoms with Gasteiger partial charge < -0.3 is 20.1 Å². The van der Waals surface area contributed by atoms with E-state index in [1.165, 1.54) is 5.56 Å². The van der Waals surface area contributed by atoms with E-state index >= 15 is 0 Å². The van der Waals surface area contributed by atoms with Crippen molar-refractivity contribution in [3.63, 3.8) is 0 Å². The predicted octanol–water partition coefficient (Wildman–Crippen LogP) is 4.19. The van der Waals surface area contributed by atoms with Crippen molar-refractivity contribution in [2.75, 3.05) is 31.6 Å². The lowest BCUT2D eigenvalue weighted by atomic mass is 10.0. The largest absolute Gasteiger partial charge is 0.481 e. The quantitative estimate of drug-likeness (QED) is 0.520. The average molecular weight is 459 g/mol. The molecule has 1 saturated heterocycles. The van der Waals surface area contributed by atoms with Crippen LogP contribution in [0.1, 0.15) is 36.5 Å². The third-order valence-electron chi connectivity index (χ3n) is 5.77. The molecule has 7 heteroatoms. The number of benzene rings is 2. The number of carboxylic acids is 1. The van der Waals surface area contributed by atoms with Gasteiger partial charge in [-0.2, -0.15) is 0 Å². The highest BCUT2D eigenvalue weighted by atomic mass is 35.5. The second-order valence-electron chi connectivity index (χ2n) is 8.15. The molecule has 1 aliphatic heterocycles. The number of nitrogens with one attached hydrogen (secondary N) is 1. The maximum Gasteiger partial charge on any atom is 0.310 e. The van der Waals surface area contributed by atoms with Gasteiger partial charge in [0.2, 0.25) is 0 Å². The summed E-state index contributed by atoms with van der Waals surface area (Å²) >= 11 is 6.27. The van der Waals surface area contributed by atoms with E-state index in [0.29, 0.717) is 12.2 Å². The smallest absolute Gasteiger partial charge is 0.310 e. The van der Waals surface area contributed by atoms with Gasteiger partial charge in [-0.1, -0.05) is 41.9 Å². The van der Waals surface area contributed by atoms with Gasteiger partial charge in [-0.15, -0.1) is 0 Å². The Bertz CT molecular complexity index is 926. The molecule has 2 aromatic carbocycles.